The summed E-state index contributed by atoms with van der Waals surface area (Å²) in [4.78, 5) is 38.3. The van der Waals surface area contributed by atoms with Gasteiger partial charge in [0, 0.05) is 25.3 Å². The van der Waals surface area contributed by atoms with Crippen LogP contribution in [0.5, 0.6) is 0 Å². The van der Waals surface area contributed by atoms with E-state index in [0.29, 0.717) is 16.5 Å². The largest absolute Gasteiger partial charge is 0.455 e. The van der Waals surface area contributed by atoms with E-state index in [2.05, 4.69) is 15.3 Å². The lowest BCUT2D eigenvalue weighted by molar-refractivity contribution is 0.00619. The van der Waals surface area contributed by atoms with Crippen molar-refractivity contribution in [2.45, 2.75) is 33.3 Å². The molecule has 1 N–H and O–H groups in total. The number of esters is 1. The summed E-state index contributed by atoms with van der Waals surface area (Å²) >= 11 is 1.29. The number of benzene rings is 2. The number of nitrogens with one attached hydrogen (secondary N) is 1. The van der Waals surface area contributed by atoms with Crippen molar-refractivity contribution in [1.82, 2.24) is 14.5 Å². The zero-order chi connectivity index (χ0) is 26.0. The van der Waals surface area contributed by atoms with Crippen molar-refractivity contribution in [1.29, 1.82) is 0 Å². The van der Waals surface area contributed by atoms with Crippen LogP contribution in [0, 0.1) is 6.92 Å². The molecule has 0 radical (unpaired) electrons. The van der Waals surface area contributed by atoms with Crippen LogP contribution in [0.15, 0.2) is 60.7 Å². The highest BCUT2D eigenvalue weighted by molar-refractivity contribution is 7.17. The molecule has 186 valence electrons. The van der Waals surface area contributed by atoms with Gasteiger partial charge in [-0.1, -0.05) is 48.5 Å². The first-order valence-corrected chi connectivity index (χ1v) is 12.3. The minimum absolute atomic E-state index is 0.121. The Morgan fingerprint density at radius 2 is 1.58 bits per heavy atom. The molecule has 36 heavy (non-hydrogen) atoms. The third kappa shape index (κ3) is 5.31. The first kappa shape index (κ1) is 25.1. The van der Waals surface area contributed by atoms with Crippen LogP contribution < -0.4 is 10.2 Å². The average Bonchev–Trinajstić information content (AvgIpc) is 3.40. The fourth-order valence-corrected chi connectivity index (χ4v) is 4.57. The Balaban J connectivity index is 1.79. The number of aromatic nitrogens is 3. The molecule has 0 aliphatic carbocycles. The quantitative estimate of drug-likeness (QED) is 0.346. The fraction of sp³-hybridized carbons (Fsp3) is 0.259. The minimum atomic E-state index is -0.735. The van der Waals surface area contributed by atoms with Crippen LogP contribution in [0.3, 0.4) is 0 Å². The summed E-state index contributed by atoms with van der Waals surface area (Å²) in [6.07, 6.45) is 0. The van der Waals surface area contributed by atoms with Crippen molar-refractivity contribution in [3.05, 3.63) is 76.9 Å². The summed E-state index contributed by atoms with van der Waals surface area (Å²) in [6, 6.07) is 19.1. The standard InChI is InChI=1S/C27H29N5O3S/c1-17-21(36-24(28-17)18-13-9-7-10-14-18)23(33)29-22-20(25(34)35-27(2,3)4)32(26(30-22)31(5)6)19-15-11-8-12-16-19/h7-16H,1-6H3,(H,29,33). The number of nitrogens with zero attached hydrogens (tertiary/aromatic N) is 4. The number of amides is 1. The molecule has 8 nitrogen and oxygen atoms in total. The molecule has 4 aromatic rings. The number of para-hydroxylation sites is 1. The maximum atomic E-state index is 13.4. The molecule has 4 rings (SSSR count). The molecule has 0 atom stereocenters. The number of aryl methyl sites for hydroxylation is 1. The normalized spacial score (nSPS) is 11.3. The molecular weight excluding hydrogens is 474 g/mol. The second-order valence-corrected chi connectivity index (χ2v) is 10.4. The highest BCUT2D eigenvalue weighted by Crippen LogP contribution is 2.32. The number of thiazole rings is 1. The van der Waals surface area contributed by atoms with Crippen LogP contribution in [0.2, 0.25) is 0 Å². The molecule has 2 aromatic heterocycles. The van der Waals surface area contributed by atoms with Gasteiger partial charge in [-0.3, -0.25) is 9.36 Å². The van der Waals surface area contributed by atoms with E-state index in [1.807, 2.05) is 74.8 Å². The van der Waals surface area contributed by atoms with Crippen LogP contribution in [-0.4, -0.2) is 46.1 Å². The van der Waals surface area contributed by atoms with Gasteiger partial charge in [-0.25, -0.2) is 9.78 Å². The van der Waals surface area contributed by atoms with Crippen molar-refractivity contribution >= 4 is 35.0 Å². The topological polar surface area (TPSA) is 89.4 Å². The van der Waals surface area contributed by atoms with Gasteiger partial charge >= 0.3 is 5.97 Å². The minimum Gasteiger partial charge on any atom is -0.455 e. The third-order valence-corrected chi connectivity index (χ3v) is 6.33. The van der Waals surface area contributed by atoms with E-state index in [9.17, 15) is 9.59 Å². The van der Waals surface area contributed by atoms with Crippen LogP contribution in [0.25, 0.3) is 16.3 Å². The molecule has 0 fully saturated rings. The van der Waals surface area contributed by atoms with E-state index in [-0.39, 0.29) is 17.4 Å². The third-order valence-electron chi connectivity index (χ3n) is 5.12. The second kappa shape index (κ2) is 9.94. The lowest BCUT2D eigenvalue weighted by Crippen LogP contribution is -2.27. The van der Waals surface area contributed by atoms with Gasteiger partial charge in [0.15, 0.2) is 11.5 Å². The molecular formula is C27H29N5O3S. The summed E-state index contributed by atoms with van der Waals surface area (Å²) in [7, 11) is 3.65. The predicted molar refractivity (Wildman–Crippen MR) is 143 cm³/mol. The van der Waals surface area contributed by atoms with Gasteiger partial charge < -0.3 is 15.0 Å². The smallest absolute Gasteiger partial charge is 0.359 e. The number of rotatable bonds is 6. The van der Waals surface area contributed by atoms with Crippen LogP contribution in [-0.2, 0) is 4.74 Å². The maximum absolute atomic E-state index is 13.4. The molecule has 0 aliphatic rings. The summed E-state index contributed by atoms with van der Waals surface area (Å²) in [5.74, 6) is -0.382. The van der Waals surface area contributed by atoms with Gasteiger partial charge in [0.05, 0.1) is 5.69 Å². The van der Waals surface area contributed by atoms with Gasteiger partial charge in [-0.15, -0.1) is 11.3 Å². The molecule has 0 saturated heterocycles. The molecule has 2 heterocycles. The van der Waals surface area contributed by atoms with Crippen molar-refractivity contribution in [3.8, 4) is 16.3 Å². The molecule has 0 spiro atoms. The molecule has 0 unspecified atom stereocenters. The Hall–Kier alpha value is -3.98. The van der Waals surface area contributed by atoms with Crippen LogP contribution in [0.4, 0.5) is 11.8 Å². The first-order valence-electron chi connectivity index (χ1n) is 11.5. The average molecular weight is 504 g/mol. The Kier molecular flexibility index (Phi) is 6.94. The number of carbonyl (C=O) groups is 2. The van der Waals surface area contributed by atoms with Gasteiger partial charge in [-0.05, 0) is 39.8 Å². The summed E-state index contributed by atoms with van der Waals surface area (Å²) < 4.78 is 7.41. The zero-order valence-electron chi connectivity index (χ0n) is 21.2. The van der Waals surface area contributed by atoms with E-state index in [0.717, 1.165) is 16.3 Å². The maximum Gasteiger partial charge on any atom is 0.359 e. The van der Waals surface area contributed by atoms with Gasteiger partial charge in [0.25, 0.3) is 5.91 Å². The van der Waals surface area contributed by atoms with E-state index < -0.39 is 11.6 Å². The van der Waals surface area contributed by atoms with Crippen LogP contribution in [0.1, 0.15) is 46.6 Å². The molecule has 0 aliphatic heterocycles. The summed E-state index contributed by atoms with van der Waals surface area (Å²) in [5, 5.41) is 3.60. The van der Waals surface area contributed by atoms with Gasteiger partial charge in [-0.2, -0.15) is 4.98 Å². The van der Waals surface area contributed by atoms with E-state index in [1.165, 1.54) is 11.3 Å². The van der Waals surface area contributed by atoms with Crippen molar-refractivity contribution in [2.24, 2.45) is 0 Å². The predicted octanol–water partition coefficient (Wildman–Crippen LogP) is 5.58. The lowest BCUT2D eigenvalue weighted by atomic mass is 10.2. The number of carbonyl (C=O) groups excluding carboxylic acids is 2. The summed E-state index contributed by atoms with van der Waals surface area (Å²) in [6.45, 7) is 7.18. The number of imidazole rings is 1. The number of hydrogen-bond donors (Lipinski definition) is 1. The van der Waals surface area contributed by atoms with Gasteiger partial charge in [0.1, 0.15) is 15.5 Å². The molecule has 0 saturated carbocycles. The Bertz CT molecular complexity index is 1390. The fourth-order valence-electron chi connectivity index (χ4n) is 3.61. The molecule has 9 heteroatoms. The number of hydrogen-bond acceptors (Lipinski definition) is 7. The van der Waals surface area contributed by atoms with E-state index in [4.69, 9.17) is 4.74 Å². The highest BCUT2D eigenvalue weighted by atomic mass is 32.1. The van der Waals surface area contributed by atoms with Crippen molar-refractivity contribution in [2.75, 3.05) is 24.3 Å². The molecule has 0 bridgehead atoms. The molecule has 2 aromatic carbocycles. The monoisotopic (exact) mass is 503 g/mol. The Labute approximate surface area is 214 Å². The summed E-state index contributed by atoms with van der Waals surface area (Å²) in [5.41, 5.74) is 1.66. The van der Waals surface area contributed by atoms with Crippen molar-refractivity contribution < 1.29 is 14.3 Å². The molecule has 1 amide bonds. The number of anilines is 2. The van der Waals surface area contributed by atoms with Gasteiger partial charge in [0.2, 0.25) is 5.95 Å². The number of ether oxygens (including phenoxy) is 1. The first-order chi connectivity index (χ1) is 17.0. The Morgan fingerprint density at radius 3 is 2.17 bits per heavy atom. The highest BCUT2D eigenvalue weighted by Gasteiger charge is 2.31. The van der Waals surface area contributed by atoms with E-state index in [1.54, 1.807) is 37.2 Å². The Morgan fingerprint density at radius 1 is 0.972 bits per heavy atom. The van der Waals surface area contributed by atoms with Crippen LogP contribution >= 0.6 is 11.3 Å². The van der Waals surface area contributed by atoms with E-state index >= 15 is 0 Å². The second-order valence-electron chi connectivity index (χ2n) is 9.43. The zero-order valence-corrected chi connectivity index (χ0v) is 22.0. The SMILES string of the molecule is Cc1nc(-c2ccccc2)sc1C(=O)Nc1nc(N(C)C)n(-c2ccccc2)c1C(=O)OC(C)(C)C. The van der Waals surface area contributed by atoms with Crippen molar-refractivity contribution in [3.63, 3.8) is 0 Å². The lowest BCUT2D eigenvalue weighted by Gasteiger charge is -2.21.